The van der Waals surface area contributed by atoms with Crippen LogP contribution in [0.1, 0.15) is 105 Å². The van der Waals surface area contributed by atoms with Crippen molar-refractivity contribution in [2.75, 3.05) is 52.4 Å². The standard InChI is InChI=1S/C40H62ClN5O4/c1-27(2)42-18-20-43(21-19-42)37(48)34-23-31(46(38(49)35-9-8-22-50-35)30-14-16-40(6,7)17-15-30)24-45(34)36(47)33-26-44(39(3,4)5)25-32(33)28-10-12-29(41)13-11-28/h10-13,27,30-35H,8-9,14-26H2,1-7H3/t31-,32-,33-,34-,35-/m0/s1. The van der Waals surface area contributed by atoms with Crippen LogP contribution >= 0.6 is 11.6 Å². The van der Waals surface area contributed by atoms with E-state index in [1.54, 1.807) is 0 Å². The average molecular weight is 712 g/mol. The summed E-state index contributed by atoms with van der Waals surface area (Å²) in [5.74, 6) is -0.199. The summed E-state index contributed by atoms with van der Waals surface area (Å²) in [5, 5.41) is 0.676. The van der Waals surface area contributed by atoms with Crippen molar-refractivity contribution in [1.29, 1.82) is 0 Å². The maximum Gasteiger partial charge on any atom is 0.252 e. The molecule has 0 unspecified atom stereocenters. The quantitative estimate of drug-likeness (QED) is 0.364. The molecule has 1 aromatic carbocycles. The van der Waals surface area contributed by atoms with E-state index in [4.69, 9.17) is 16.3 Å². The van der Waals surface area contributed by atoms with Crippen LogP contribution in [0.25, 0.3) is 0 Å². The molecule has 0 spiro atoms. The molecule has 5 fully saturated rings. The molecule has 4 saturated heterocycles. The third-order valence-electron chi connectivity index (χ3n) is 12.6. The zero-order valence-corrected chi connectivity index (χ0v) is 32.5. The largest absolute Gasteiger partial charge is 0.368 e. The highest BCUT2D eigenvalue weighted by atomic mass is 35.5. The van der Waals surface area contributed by atoms with Gasteiger partial charge in [0.05, 0.1) is 12.0 Å². The molecular formula is C40H62ClN5O4. The van der Waals surface area contributed by atoms with Crippen LogP contribution in [0.3, 0.4) is 0 Å². The first-order valence-electron chi connectivity index (χ1n) is 19.4. The van der Waals surface area contributed by atoms with Gasteiger partial charge in [-0.3, -0.25) is 24.2 Å². The molecule has 5 atom stereocenters. The van der Waals surface area contributed by atoms with Crippen LogP contribution in [-0.2, 0) is 19.1 Å². The average Bonchev–Trinajstić information content (AvgIpc) is 3.86. The summed E-state index contributed by atoms with van der Waals surface area (Å²) in [7, 11) is 0. The van der Waals surface area contributed by atoms with Crippen molar-refractivity contribution < 1.29 is 19.1 Å². The lowest BCUT2D eigenvalue weighted by atomic mass is 9.75. The fourth-order valence-corrected chi connectivity index (χ4v) is 9.41. The number of amides is 3. The second kappa shape index (κ2) is 15.0. The molecule has 0 bridgehead atoms. The number of benzene rings is 1. The Hall–Kier alpha value is -2.20. The minimum absolute atomic E-state index is 0.0198. The van der Waals surface area contributed by atoms with Crippen LogP contribution in [0.4, 0.5) is 0 Å². The maximum atomic E-state index is 15.1. The van der Waals surface area contributed by atoms with Gasteiger partial charge in [-0.15, -0.1) is 0 Å². The number of carbonyl (C=O) groups excluding carboxylic acids is 3. The highest BCUT2D eigenvalue weighted by molar-refractivity contribution is 6.30. The molecular weight excluding hydrogens is 650 g/mol. The lowest BCUT2D eigenvalue weighted by molar-refractivity contribution is -0.148. The molecule has 278 valence electrons. The monoisotopic (exact) mass is 711 g/mol. The van der Waals surface area contributed by atoms with Gasteiger partial charge in [0.25, 0.3) is 5.91 Å². The summed E-state index contributed by atoms with van der Waals surface area (Å²) < 4.78 is 5.99. The van der Waals surface area contributed by atoms with E-state index in [1.807, 2.05) is 21.9 Å². The molecule has 4 heterocycles. The normalized spacial score (nSPS) is 30.0. The molecule has 9 nitrogen and oxygen atoms in total. The lowest BCUT2D eigenvalue weighted by Crippen LogP contribution is -2.56. The van der Waals surface area contributed by atoms with Gasteiger partial charge in [0.15, 0.2) is 0 Å². The maximum absolute atomic E-state index is 15.1. The third-order valence-corrected chi connectivity index (χ3v) is 12.9. The van der Waals surface area contributed by atoms with Gasteiger partial charge in [-0.05, 0) is 103 Å². The van der Waals surface area contributed by atoms with Gasteiger partial charge >= 0.3 is 0 Å². The molecule has 3 amide bonds. The van der Waals surface area contributed by atoms with Crippen molar-refractivity contribution in [3.63, 3.8) is 0 Å². The highest BCUT2D eigenvalue weighted by Crippen LogP contribution is 2.42. The number of ether oxygens (including phenoxy) is 1. The molecule has 1 saturated carbocycles. The van der Waals surface area contributed by atoms with Gasteiger partial charge < -0.3 is 19.4 Å². The van der Waals surface area contributed by atoms with E-state index in [0.717, 1.165) is 63.7 Å². The van der Waals surface area contributed by atoms with Gasteiger partial charge in [0.2, 0.25) is 11.8 Å². The fraction of sp³-hybridized carbons (Fsp3) is 0.775. The minimum atomic E-state index is -0.590. The van der Waals surface area contributed by atoms with Crippen molar-refractivity contribution in [2.24, 2.45) is 11.3 Å². The van der Waals surface area contributed by atoms with E-state index >= 15 is 4.79 Å². The van der Waals surface area contributed by atoms with E-state index < -0.39 is 12.1 Å². The van der Waals surface area contributed by atoms with Gasteiger partial charge in [-0.2, -0.15) is 0 Å². The van der Waals surface area contributed by atoms with Crippen molar-refractivity contribution in [2.45, 2.75) is 135 Å². The number of hydrogen-bond donors (Lipinski definition) is 0. The number of rotatable bonds is 7. The first-order valence-corrected chi connectivity index (χ1v) is 19.8. The molecule has 50 heavy (non-hydrogen) atoms. The minimum Gasteiger partial charge on any atom is -0.368 e. The molecule has 6 rings (SSSR count). The first kappa shape index (κ1) is 37.6. The van der Waals surface area contributed by atoms with Crippen molar-refractivity contribution in [3.8, 4) is 0 Å². The van der Waals surface area contributed by atoms with E-state index in [1.165, 1.54) is 0 Å². The van der Waals surface area contributed by atoms with E-state index in [-0.39, 0.29) is 52.6 Å². The molecule has 4 aliphatic heterocycles. The van der Waals surface area contributed by atoms with E-state index in [9.17, 15) is 9.59 Å². The Morgan fingerprint density at radius 1 is 0.900 bits per heavy atom. The van der Waals surface area contributed by atoms with Gasteiger partial charge in [-0.1, -0.05) is 37.6 Å². The zero-order valence-electron chi connectivity index (χ0n) is 31.7. The Bertz CT molecular complexity index is 1350. The van der Waals surface area contributed by atoms with E-state index in [0.29, 0.717) is 50.3 Å². The molecule has 1 aromatic rings. The molecule has 0 aromatic heterocycles. The van der Waals surface area contributed by atoms with Crippen molar-refractivity contribution >= 4 is 29.3 Å². The molecule has 1 aliphatic carbocycles. The number of nitrogens with zero attached hydrogens (tertiary/aromatic N) is 5. The third kappa shape index (κ3) is 8.06. The van der Waals surface area contributed by atoms with Crippen molar-refractivity contribution in [1.82, 2.24) is 24.5 Å². The summed E-state index contributed by atoms with van der Waals surface area (Å²) in [6, 6.07) is 7.63. The molecule has 10 heteroatoms. The molecule has 0 N–H and O–H groups in total. The van der Waals surface area contributed by atoms with Crippen molar-refractivity contribution in [3.05, 3.63) is 34.9 Å². The van der Waals surface area contributed by atoms with Crippen LogP contribution in [0.5, 0.6) is 0 Å². The summed E-state index contributed by atoms with van der Waals surface area (Å²) in [4.78, 5) is 55.0. The summed E-state index contributed by atoms with van der Waals surface area (Å²) in [6.45, 7) is 21.0. The topological polar surface area (TPSA) is 76.6 Å². The Labute approximate surface area is 306 Å². The number of likely N-dealkylation sites (tertiary alicyclic amines) is 2. The van der Waals surface area contributed by atoms with Crippen LogP contribution in [0, 0.1) is 11.3 Å². The van der Waals surface area contributed by atoms with Gasteiger partial charge in [-0.25, -0.2) is 0 Å². The van der Waals surface area contributed by atoms with E-state index in [2.05, 4.69) is 75.3 Å². The van der Waals surface area contributed by atoms with Crippen LogP contribution in [0.15, 0.2) is 24.3 Å². The molecule has 5 aliphatic rings. The Morgan fingerprint density at radius 3 is 2.14 bits per heavy atom. The summed E-state index contributed by atoms with van der Waals surface area (Å²) in [6.07, 6.45) is 5.65. The SMILES string of the molecule is CC(C)N1CCN(C(=O)[C@@H]2C[C@H](N(C(=O)[C@@H]3CCCO3)C3CCC(C)(C)CC3)CN2C(=O)[C@H]2CN(C(C)(C)C)C[C@H]2c2ccc(Cl)cc2)CC1. The lowest BCUT2D eigenvalue weighted by Gasteiger charge is -2.43. The Morgan fingerprint density at radius 2 is 1.56 bits per heavy atom. The number of halogens is 1. The smallest absolute Gasteiger partial charge is 0.252 e. The summed E-state index contributed by atoms with van der Waals surface area (Å²) >= 11 is 6.30. The second-order valence-electron chi connectivity index (χ2n) is 17.8. The number of carbonyl (C=O) groups is 3. The molecule has 0 radical (unpaired) electrons. The Kier molecular flexibility index (Phi) is 11.3. The predicted octanol–water partition coefficient (Wildman–Crippen LogP) is 5.65. The highest BCUT2D eigenvalue weighted by Gasteiger charge is 2.52. The number of hydrogen-bond acceptors (Lipinski definition) is 6. The fourth-order valence-electron chi connectivity index (χ4n) is 9.28. The van der Waals surface area contributed by atoms with Gasteiger partial charge in [0.1, 0.15) is 12.1 Å². The first-order chi connectivity index (χ1) is 23.6. The van der Waals surface area contributed by atoms with Crippen LogP contribution in [-0.4, -0.2) is 130 Å². The second-order valence-corrected chi connectivity index (χ2v) is 18.3. The predicted molar refractivity (Wildman–Crippen MR) is 198 cm³/mol. The van der Waals surface area contributed by atoms with Crippen LogP contribution < -0.4 is 0 Å². The van der Waals surface area contributed by atoms with Gasteiger partial charge in [0, 0.05) is 81.0 Å². The number of piperazine rings is 1. The summed E-state index contributed by atoms with van der Waals surface area (Å²) in [5.41, 5.74) is 1.24. The van der Waals surface area contributed by atoms with Crippen LogP contribution in [0.2, 0.25) is 5.02 Å². The zero-order chi connectivity index (χ0) is 36.0. The Balaban J connectivity index is 1.32.